The molecule has 7 heteroatoms. The SMILES string of the molecule is CCNS(=O)(=O)N1CC(C)OC(CN)C1. The van der Waals surface area contributed by atoms with Gasteiger partial charge in [0.15, 0.2) is 0 Å². The fourth-order valence-corrected chi connectivity index (χ4v) is 2.92. The van der Waals surface area contributed by atoms with Gasteiger partial charge in [-0.15, -0.1) is 0 Å². The van der Waals surface area contributed by atoms with Crippen molar-refractivity contribution in [1.29, 1.82) is 0 Å². The second kappa shape index (κ2) is 5.22. The van der Waals surface area contributed by atoms with E-state index in [1.807, 2.05) is 6.92 Å². The van der Waals surface area contributed by atoms with Gasteiger partial charge < -0.3 is 10.5 Å². The number of ether oxygens (including phenoxy) is 1. The first kappa shape index (κ1) is 12.9. The number of nitrogens with two attached hydrogens (primary N) is 1. The third-order valence-corrected chi connectivity index (χ3v) is 3.85. The molecule has 1 rings (SSSR count). The van der Waals surface area contributed by atoms with E-state index in [9.17, 15) is 8.42 Å². The minimum atomic E-state index is -3.36. The molecule has 1 fully saturated rings. The van der Waals surface area contributed by atoms with Crippen molar-refractivity contribution in [2.24, 2.45) is 5.73 Å². The summed E-state index contributed by atoms with van der Waals surface area (Å²) in [4.78, 5) is 0. The molecule has 0 aromatic carbocycles. The Kier molecular flexibility index (Phi) is 4.47. The maximum Gasteiger partial charge on any atom is 0.279 e. The number of nitrogens with zero attached hydrogens (tertiary/aromatic N) is 1. The van der Waals surface area contributed by atoms with Gasteiger partial charge in [0.25, 0.3) is 10.2 Å². The first-order valence-corrected chi connectivity index (χ1v) is 6.53. The number of hydrogen-bond donors (Lipinski definition) is 2. The molecule has 1 saturated heterocycles. The third kappa shape index (κ3) is 3.39. The topological polar surface area (TPSA) is 84.7 Å². The van der Waals surface area contributed by atoms with Crippen LogP contribution >= 0.6 is 0 Å². The van der Waals surface area contributed by atoms with Crippen LogP contribution in [-0.4, -0.2) is 51.1 Å². The molecule has 0 saturated carbocycles. The molecule has 0 aliphatic carbocycles. The van der Waals surface area contributed by atoms with Crippen LogP contribution in [0.25, 0.3) is 0 Å². The standard InChI is InChI=1S/C8H19N3O3S/c1-3-10-15(12,13)11-5-7(2)14-8(4-9)6-11/h7-8,10H,3-6,9H2,1-2H3. The molecule has 2 atom stereocenters. The predicted molar refractivity (Wildman–Crippen MR) is 57.6 cm³/mol. The smallest absolute Gasteiger partial charge is 0.279 e. The minimum absolute atomic E-state index is 0.110. The Labute approximate surface area is 90.9 Å². The Balaban J connectivity index is 2.69. The second-order valence-corrected chi connectivity index (χ2v) is 5.38. The number of nitrogens with one attached hydrogen (secondary N) is 1. The van der Waals surface area contributed by atoms with Crippen molar-refractivity contribution in [3.8, 4) is 0 Å². The normalized spacial score (nSPS) is 29.3. The van der Waals surface area contributed by atoms with Gasteiger partial charge in [0.2, 0.25) is 0 Å². The van der Waals surface area contributed by atoms with Gasteiger partial charge in [-0.1, -0.05) is 6.92 Å². The van der Waals surface area contributed by atoms with E-state index in [4.69, 9.17) is 10.5 Å². The number of morpholine rings is 1. The summed E-state index contributed by atoms with van der Waals surface area (Å²) in [6.45, 7) is 5.03. The van der Waals surface area contributed by atoms with Crippen LogP contribution in [-0.2, 0) is 14.9 Å². The fraction of sp³-hybridized carbons (Fsp3) is 1.00. The first-order chi connectivity index (χ1) is 6.99. The Morgan fingerprint density at radius 3 is 2.73 bits per heavy atom. The van der Waals surface area contributed by atoms with E-state index in [1.54, 1.807) is 6.92 Å². The van der Waals surface area contributed by atoms with Crippen molar-refractivity contribution >= 4 is 10.2 Å². The van der Waals surface area contributed by atoms with Gasteiger partial charge in [-0.3, -0.25) is 0 Å². The molecular weight excluding hydrogens is 218 g/mol. The lowest BCUT2D eigenvalue weighted by Gasteiger charge is -2.35. The Bertz CT molecular complexity index is 294. The molecule has 1 aliphatic heterocycles. The van der Waals surface area contributed by atoms with Gasteiger partial charge >= 0.3 is 0 Å². The highest BCUT2D eigenvalue weighted by Gasteiger charge is 2.31. The summed E-state index contributed by atoms with van der Waals surface area (Å²) in [5, 5.41) is 0. The second-order valence-electron chi connectivity index (χ2n) is 3.62. The third-order valence-electron chi connectivity index (χ3n) is 2.22. The van der Waals surface area contributed by atoms with E-state index >= 15 is 0 Å². The molecule has 6 nitrogen and oxygen atoms in total. The number of rotatable bonds is 4. The van der Waals surface area contributed by atoms with Gasteiger partial charge in [0.1, 0.15) is 0 Å². The van der Waals surface area contributed by atoms with Crippen molar-refractivity contribution in [2.75, 3.05) is 26.2 Å². The molecule has 0 aromatic rings. The summed E-state index contributed by atoms with van der Waals surface area (Å²) in [6, 6.07) is 0. The zero-order valence-electron chi connectivity index (χ0n) is 9.14. The molecule has 0 aromatic heterocycles. The molecule has 2 unspecified atom stereocenters. The lowest BCUT2D eigenvalue weighted by atomic mass is 10.2. The molecule has 0 amide bonds. The minimum Gasteiger partial charge on any atom is -0.371 e. The maximum absolute atomic E-state index is 11.7. The lowest BCUT2D eigenvalue weighted by molar-refractivity contribution is -0.0489. The highest BCUT2D eigenvalue weighted by Crippen LogP contribution is 2.12. The van der Waals surface area contributed by atoms with Crippen molar-refractivity contribution in [2.45, 2.75) is 26.1 Å². The summed E-state index contributed by atoms with van der Waals surface area (Å²) in [5.74, 6) is 0. The van der Waals surface area contributed by atoms with Crippen LogP contribution in [0.5, 0.6) is 0 Å². The average molecular weight is 237 g/mol. The molecular formula is C8H19N3O3S. The largest absolute Gasteiger partial charge is 0.371 e. The van der Waals surface area contributed by atoms with E-state index in [0.29, 0.717) is 26.2 Å². The molecule has 0 spiro atoms. The Hall–Kier alpha value is -0.210. The lowest BCUT2D eigenvalue weighted by Crippen LogP contribution is -2.54. The average Bonchev–Trinajstić information content (AvgIpc) is 2.16. The molecule has 0 bridgehead atoms. The number of hydrogen-bond acceptors (Lipinski definition) is 4. The van der Waals surface area contributed by atoms with Crippen LogP contribution in [0.1, 0.15) is 13.8 Å². The van der Waals surface area contributed by atoms with Gasteiger partial charge in [-0.2, -0.15) is 12.7 Å². The first-order valence-electron chi connectivity index (χ1n) is 5.09. The van der Waals surface area contributed by atoms with Crippen molar-refractivity contribution < 1.29 is 13.2 Å². The molecule has 3 N–H and O–H groups in total. The van der Waals surface area contributed by atoms with Crippen LogP contribution in [0.4, 0.5) is 0 Å². The molecule has 1 aliphatic rings. The molecule has 1 heterocycles. The van der Waals surface area contributed by atoms with E-state index < -0.39 is 10.2 Å². The Morgan fingerprint density at radius 2 is 2.20 bits per heavy atom. The van der Waals surface area contributed by atoms with E-state index in [-0.39, 0.29) is 12.2 Å². The fourth-order valence-electron chi connectivity index (χ4n) is 1.60. The van der Waals surface area contributed by atoms with Gasteiger partial charge in [-0.25, -0.2) is 4.72 Å². The summed E-state index contributed by atoms with van der Waals surface area (Å²) >= 11 is 0. The quantitative estimate of drug-likeness (QED) is 0.649. The van der Waals surface area contributed by atoms with Crippen LogP contribution < -0.4 is 10.5 Å². The van der Waals surface area contributed by atoms with Gasteiger partial charge in [0.05, 0.1) is 12.2 Å². The molecule has 90 valence electrons. The highest BCUT2D eigenvalue weighted by molar-refractivity contribution is 7.87. The zero-order valence-corrected chi connectivity index (χ0v) is 9.96. The van der Waals surface area contributed by atoms with Crippen LogP contribution in [0, 0.1) is 0 Å². The molecule has 0 radical (unpaired) electrons. The Morgan fingerprint density at radius 1 is 1.53 bits per heavy atom. The van der Waals surface area contributed by atoms with E-state index in [1.165, 1.54) is 4.31 Å². The maximum atomic E-state index is 11.7. The summed E-state index contributed by atoms with van der Waals surface area (Å²) in [7, 11) is -3.36. The summed E-state index contributed by atoms with van der Waals surface area (Å²) in [6.07, 6.45) is -0.317. The van der Waals surface area contributed by atoms with Crippen molar-refractivity contribution in [3.05, 3.63) is 0 Å². The van der Waals surface area contributed by atoms with Gasteiger partial charge in [-0.05, 0) is 6.92 Å². The van der Waals surface area contributed by atoms with Crippen LogP contribution in [0.15, 0.2) is 0 Å². The van der Waals surface area contributed by atoms with Crippen LogP contribution in [0.2, 0.25) is 0 Å². The summed E-state index contributed by atoms with van der Waals surface area (Å²) in [5.41, 5.74) is 5.48. The zero-order chi connectivity index (χ0) is 11.5. The van der Waals surface area contributed by atoms with Crippen molar-refractivity contribution in [1.82, 2.24) is 9.03 Å². The van der Waals surface area contributed by atoms with Crippen LogP contribution in [0.3, 0.4) is 0 Å². The summed E-state index contributed by atoms with van der Waals surface area (Å²) < 4.78 is 32.8. The van der Waals surface area contributed by atoms with E-state index in [0.717, 1.165) is 0 Å². The highest BCUT2D eigenvalue weighted by atomic mass is 32.2. The van der Waals surface area contributed by atoms with Crippen molar-refractivity contribution in [3.63, 3.8) is 0 Å². The molecule has 15 heavy (non-hydrogen) atoms. The monoisotopic (exact) mass is 237 g/mol. The van der Waals surface area contributed by atoms with Gasteiger partial charge in [0, 0.05) is 26.2 Å². The van der Waals surface area contributed by atoms with E-state index in [2.05, 4.69) is 4.72 Å². The predicted octanol–water partition coefficient (Wildman–Crippen LogP) is -1.11.